The average molecular weight is 295 g/mol. The summed E-state index contributed by atoms with van der Waals surface area (Å²) < 4.78 is 0. The molecule has 0 spiro atoms. The number of aryl methyl sites for hydroxylation is 1. The van der Waals surface area contributed by atoms with Crippen LogP contribution in [0.5, 0.6) is 0 Å². The van der Waals surface area contributed by atoms with Gasteiger partial charge in [0.2, 0.25) is 0 Å². The lowest BCUT2D eigenvalue weighted by atomic mass is 10.1. The van der Waals surface area contributed by atoms with Crippen molar-refractivity contribution in [1.29, 1.82) is 0 Å². The van der Waals surface area contributed by atoms with Crippen molar-refractivity contribution < 1.29 is 0 Å². The average Bonchev–Trinajstić information content (AvgIpc) is 2.39. The normalized spacial score (nSPS) is 10.5. The number of halogens is 2. The minimum absolute atomic E-state index is 0.395. The third-order valence-electron chi connectivity index (χ3n) is 2.96. The van der Waals surface area contributed by atoms with E-state index in [0.29, 0.717) is 10.9 Å². The SMILES string of the molecule is Cc1cccc(CN(C)c2cc(CCl)c(Cl)cn2)c1. The Balaban J connectivity index is 2.18. The van der Waals surface area contributed by atoms with Crippen LogP contribution >= 0.6 is 23.2 Å². The molecule has 2 nitrogen and oxygen atoms in total. The van der Waals surface area contributed by atoms with Crippen molar-refractivity contribution in [2.45, 2.75) is 19.3 Å². The van der Waals surface area contributed by atoms with Gasteiger partial charge in [-0.2, -0.15) is 0 Å². The van der Waals surface area contributed by atoms with Crippen LogP contribution in [-0.4, -0.2) is 12.0 Å². The smallest absolute Gasteiger partial charge is 0.128 e. The van der Waals surface area contributed by atoms with E-state index in [1.165, 1.54) is 11.1 Å². The Morgan fingerprint density at radius 3 is 2.74 bits per heavy atom. The molecule has 0 aliphatic rings. The van der Waals surface area contributed by atoms with Gasteiger partial charge in [-0.05, 0) is 24.1 Å². The minimum Gasteiger partial charge on any atom is -0.355 e. The minimum atomic E-state index is 0.395. The fraction of sp³-hybridized carbons (Fsp3) is 0.267. The van der Waals surface area contributed by atoms with E-state index in [0.717, 1.165) is 17.9 Å². The number of benzene rings is 1. The molecule has 4 heteroatoms. The van der Waals surface area contributed by atoms with Gasteiger partial charge in [0.1, 0.15) is 5.82 Å². The molecule has 0 bridgehead atoms. The fourth-order valence-electron chi connectivity index (χ4n) is 1.94. The van der Waals surface area contributed by atoms with Gasteiger partial charge in [0.25, 0.3) is 0 Å². The maximum absolute atomic E-state index is 6.02. The molecule has 0 fully saturated rings. The van der Waals surface area contributed by atoms with Gasteiger partial charge in [-0.1, -0.05) is 41.4 Å². The highest BCUT2D eigenvalue weighted by Crippen LogP contribution is 2.22. The van der Waals surface area contributed by atoms with Crippen LogP contribution in [-0.2, 0) is 12.4 Å². The van der Waals surface area contributed by atoms with Crippen LogP contribution in [0.15, 0.2) is 36.5 Å². The predicted molar refractivity (Wildman–Crippen MR) is 82.1 cm³/mol. The molecule has 0 atom stereocenters. The summed E-state index contributed by atoms with van der Waals surface area (Å²) in [5, 5.41) is 0.614. The van der Waals surface area contributed by atoms with Gasteiger partial charge in [-0.25, -0.2) is 4.98 Å². The summed E-state index contributed by atoms with van der Waals surface area (Å²) >= 11 is 11.9. The molecule has 19 heavy (non-hydrogen) atoms. The Kier molecular flexibility index (Phi) is 4.67. The van der Waals surface area contributed by atoms with E-state index in [4.69, 9.17) is 23.2 Å². The maximum atomic E-state index is 6.02. The molecule has 1 heterocycles. The molecule has 100 valence electrons. The topological polar surface area (TPSA) is 16.1 Å². The predicted octanol–water partition coefficient (Wildman–Crippen LogP) is 4.42. The summed E-state index contributed by atoms with van der Waals surface area (Å²) in [6.45, 7) is 2.90. The van der Waals surface area contributed by atoms with E-state index in [2.05, 4.69) is 41.1 Å². The molecule has 0 radical (unpaired) electrons. The number of nitrogens with zero attached hydrogens (tertiary/aromatic N) is 2. The quantitative estimate of drug-likeness (QED) is 0.776. The highest BCUT2D eigenvalue weighted by atomic mass is 35.5. The zero-order chi connectivity index (χ0) is 13.8. The first kappa shape index (κ1) is 14.2. The second-order valence-corrected chi connectivity index (χ2v) is 5.29. The maximum Gasteiger partial charge on any atom is 0.128 e. The monoisotopic (exact) mass is 294 g/mol. The van der Waals surface area contributed by atoms with E-state index in [-0.39, 0.29) is 0 Å². The van der Waals surface area contributed by atoms with Crippen molar-refractivity contribution in [1.82, 2.24) is 4.98 Å². The summed E-state index contributed by atoms with van der Waals surface area (Å²) in [7, 11) is 2.01. The van der Waals surface area contributed by atoms with E-state index in [1.807, 2.05) is 13.1 Å². The summed E-state index contributed by atoms with van der Waals surface area (Å²) in [5.41, 5.74) is 3.42. The number of aromatic nitrogens is 1. The van der Waals surface area contributed by atoms with E-state index in [9.17, 15) is 0 Å². The van der Waals surface area contributed by atoms with Gasteiger partial charge < -0.3 is 4.90 Å². The van der Waals surface area contributed by atoms with Crippen LogP contribution in [0.4, 0.5) is 5.82 Å². The summed E-state index contributed by atoms with van der Waals surface area (Å²) in [4.78, 5) is 6.43. The van der Waals surface area contributed by atoms with Crippen LogP contribution in [0.25, 0.3) is 0 Å². The molecule has 1 aromatic heterocycles. The number of pyridine rings is 1. The summed E-state index contributed by atoms with van der Waals surface area (Å²) in [6.07, 6.45) is 1.65. The second-order valence-electron chi connectivity index (χ2n) is 4.61. The van der Waals surface area contributed by atoms with Crippen LogP contribution in [0.3, 0.4) is 0 Å². The van der Waals surface area contributed by atoms with Gasteiger partial charge in [-0.15, -0.1) is 11.6 Å². The van der Waals surface area contributed by atoms with Crippen LogP contribution in [0, 0.1) is 6.92 Å². The van der Waals surface area contributed by atoms with Crippen molar-refractivity contribution in [3.8, 4) is 0 Å². The van der Waals surface area contributed by atoms with E-state index < -0.39 is 0 Å². The van der Waals surface area contributed by atoms with Gasteiger partial charge in [-0.3, -0.25) is 0 Å². The molecule has 2 rings (SSSR count). The molecule has 2 aromatic rings. The Labute approximate surface area is 124 Å². The third kappa shape index (κ3) is 3.62. The molecule has 0 aliphatic carbocycles. The van der Waals surface area contributed by atoms with Gasteiger partial charge in [0, 0.05) is 25.7 Å². The Hall–Kier alpha value is -1.25. The van der Waals surface area contributed by atoms with E-state index in [1.54, 1.807) is 6.20 Å². The van der Waals surface area contributed by atoms with E-state index >= 15 is 0 Å². The van der Waals surface area contributed by atoms with Crippen LogP contribution in [0.1, 0.15) is 16.7 Å². The number of hydrogen-bond acceptors (Lipinski definition) is 2. The number of hydrogen-bond donors (Lipinski definition) is 0. The van der Waals surface area contributed by atoms with Crippen LogP contribution in [0.2, 0.25) is 5.02 Å². The number of rotatable bonds is 4. The molecular weight excluding hydrogens is 279 g/mol. The van der Waals surface area contributed by atoms with Crippen molar-refractivity contribution in [3.05, 3.63) is 58.2 Å². The molecule has 0 aliphatic heterocycles. The molecular formula is C15H16Cl2N2. The molecule has 1 aromatic carbocycles. The third-order valence-corrected chi connectivity index (χ3v) is 3.59. The largest absolute Gasteiger partial charge is 0.355 e. The van der Waals surface area contributed by atoms with Crippen LogP contribution < -0.4 is 4.90 Å². The number of alkyl halides is 1. The highest BCUT2D eigenvalue weighted by molar-refractivity contribution is 6.32. The van der Waals surface area contributed by atoms with Gasteiger partial charge >= 0.3 is 0 Å². The molecule has 0 unspecified atom stereocenters. The van der Waals surface area contributed by atoms with Crippen molar-refractivity contribution in [2.24, 2.45) is 0 Å². The highest BCUT2D eigenvalue weighted by Gasteiger charge is 2.07. The van der Waals surface area contributed by atoms with Crippen molar-refractivity contribution in [2.75, 3.05) is 11.9 Å². The first-order valence-electron chi connectivity index (χ1n) is 6.07. The summed E-state index contributed by atoms with van der Waals surface area (Å²) in [6, 6.07) is 10.4. The lowest BCUT2D eigenvalue weighted by molar-refractivity contribution is 0.895. The molecule has 0 saturated carbocycles. The Bertz CT molecular complexity index is 570. The zero-order valence-electron chi connectivity index (χ0n) is 11.0. The van der Waals surface area contributed by atoms with Gasteiger partial charge in [0.05, 0.1) is 5.02 Å². The fourth-order valence-corrected chi connectivity index (χ4v) is 2.40. The van der Waals surface area contributed by atoms with Crippen molar-refractivity contribution >= 4 is 29.0 Å². The lowest BCUT2D eigenvalue weighted by Gasteiger charge is -2.19. The molecule has 0 N–H and O–H groups in total. The van der Waals surface area contributed by atoms with Crippen molar-refractivity contribution in [3.63, 3.8) is 0 Å². The lowest BCUT2D eigenvalue weighted by Crippen LogP contribution is -2.17. The zero-order valence-corrected chi connectivity index (χ0v) is 12.5. The second kappa shape index (κ2) is 6.27. The number of anilines is 1. The van der Waals surface area contributed by atoms with Gasteiger partial charge in [0.15, 0.2) is 0 Å². The first-order valence-corrected chi connectivity index (χ1v) is 6.98. The Morgan fingerprint density at radius 2 is 2.05 bits per heavy atom. The molecule has 0 amide bonds. The Morgan fingerprint density at radius 1 is 1.26 bits per heavy atom. The standard InChI is InChI=1S/C15H16Cl2N2/c1-11-4-3-5-12(6-11)10-19(2)15-7-13(8-16)14(17)9-18-15/h3-7,9H,8,10H2,1-2H3. The molecule has 0 saturated heterocycles. The first-order chi connectivity index (χ1) is 9.10. The summed E-state index contributed by atoms with van der Waals surface area (Å²) in [5.74, 6) is 1.27.